The lowest BCUT2D eigenvalue weighted by molar-refractivity contribution is 0.114. The van der Waals surface area contributed by atoms with Crippen LogP contribution < -0.4 is 10.3 Å². The highest BCUT2D eigenvalue weighted by molar-refractivity contribution is 7.89. The number of sulfonamides is 1. The molecule has 2 aliphatic rings. The van der Waals surface area contributed by atoms with E-state index in [1.165, 1.54) is 4.68 Å². The summed E-state index contributed by atoms with van der Waals surface area (Å²) in [5, 5.41) is 4.61. The van der Waals surface area contributed by atoms with Crippen molar-refractivity contribution in [3.63, 3.8) is 0 Å². The first-order chi connectivity index (χ1) is 14.4. The summed E-state index contributed by atoms with van der Waals surface area (Å²) in [7, 11) is -3.68. The molecular weight excluding hydrogens is 402 g/mol. The Morgan fingerprint density at radius 1 is 1.20 bits per heavy atom. The van der Waals surface area contributed by atoms with Gasteiger partial charge in [-0.25, -0.2) is 17.8 Å². The fourth-order valence-electron chi connectivity index (χ4n) is 4.35. The monoisotopic (exact) mass is 431 g/mol. The molecule has 30 heavy (non-hydrogen) atoms. The SMILES string of the molecule is CCn1nc(-c2ccc(C)c(S(=O)(=O)NC[C@H]3CCCO3)c2)c2c(c1=O)CCCC2. The molecule has 7 nitrogen and oxygen atoms in total. The molecule has 4 rings (SSSR count). The Morgan fingerprint density at radius 3 is 2.67 bits per heavy atom. The number of aromatic nitrogens is 2. The molecule has 0 unspecified atom stereocenters. The minimum atomic E-state index is -3.68. The summed E-state index contributed by atoms with van der Waals surface area (Å²) in [4.78, 5) is 13.0. The lowest BCUT2D eigenvalue weighted by atomic mass is 9.89. The fourth-order valence-corrected chi connectivity index (χ4v) is 5.69. The van der Waals surface area contributed by atoms with Crippen LogP contribution >= 0.6 is 0 Å². The first kappa shape index (κ1) is 21.2. The largest absolute Gasteiger partial charge is 0.377 e. The second-order valence-electron chi connectivity index (χ2n) is 8.10. The van der Waals surface area contributed by atoms with Gasteiger partial charge in [0.2, 0.25) is 10.0 Å². The fraction of sp³-hybridized carbons (Fsp3) is 0.545. The van der Waals surface area contributed by atoms with Crippen molar-refractivity contribution < 1.29 is 13.2 Å². The molecule has 2 aromatic rings. The number of nitrogens with zero attached hydrogens (tertiary/aromatic N) is 2. The molecule has 1 aromatic carbocycles. The lowest BCUT2D eigenvalue weighted by Crippen LogP contribution is -2.32. The predicted molar refractivity (Wildman–Crippen MR) is 115 cm³/mol. The van der Waals surface area contributed by atoms with E-state index in [1.54, 1.807) is 13.0 Å². The van der Waals surface area contributed by atoms with Gasteiger partial charge in [-0.15, -0.1) is 0 Å². The van der Waals surface area contributed by atoms with E-state index < -0.39 is 10.0 Å². The highest BCUT2D eigenvalue weighted by Crippen LogP contribution is 2.30. The summed E-state index contributed by atoms with van der Waals surface area (Å²) in [5.74, 6) is 0. The van der Waals surface area contributed by atoms with Crippen LogP contribution in [0.25, 0.3) is 11.3 Å². The number of rotatable bonds is 6. The maximum atomic E-state index is 13.0. The normalized spacial score (nSPS) is 19.1. The van der Waals surface area contributed by atoms with Gasteiger partial charge in [0.15, 0.2) is 0 Å². The zero-order chi connectivity index (χ0) is 21.3. The highest BCUT2D eigenvalue weighted by atomic mass is 32.2. The van der Waals surface area contributed by atoms with E-state index >= 15 is 0 Å². The van der Waals surface area contributed by atoms with Crippen molar-refractivity contribution in [2.45, 2.75) is 69.9 Å². The summed E-state index contributed by atoms with van der Waals surface area (Å²) >= 11 is 0. The smallest absolute Gasteiger partial charge is 0.270 e. The summed E-state index contributed by atoms with van der Waals surface area (Å²) in [6, 6.07) is 5.40. The molecule has 1 aliphatic heterocycles. The van der Waals surface area contributed by atoms with Gasteiger partial charge >= 0.3 is 0 Å². The highest BCUT2D eigenvalue weighted by Gasteiger charge is 2.25. The van der Waals surface area contributed by atoms with Gasteiger partial charge in [0, 0.05) is 30.8 Å². The van der Waals surface area contributed by atoms with Crippen molar-refractivity contribution >= 4 is 10.0 Å². The van der Waals surface area contributed by atoms with Gasteiger partial charge in [-0.3, -0.25) is 4.79 Å². The Kier molecular flexibility index (Phi) is 6.09. The number of nitrogens with one attached hydrogen (secondary N) is 1. The molecule has 1 aliphatic carbocycles. The molecule has 1 atom stereocenters. The third-order valence-electron chi connectivity index (χ3n) is 6.04. The van der Waals surface area contributed by atoms with E-state index in [0.29, 0.717) is 18.7 Å². The maximum Gasteiger partial charge on any atom is 0.270 e. The quantitative estimate of drug-likeness (QED) is 0.759. The maximum absolute atomic E-state index is 13.0. The van der Waals surface area contributed by atoms with Gasteiger partial charge < -0.3 is 4.74 Å². The number of hydrogen-bond donors (Lipinski definition) is 1. The standard InChI is InChI=1S/C22H29N3O4S/c1-3-25-22(26)19-9-5-4-8-18(19)21(24-25)16-11-10-15(2)20(13-16)30(27,28)23-14-17-7-6-12-29-17/h10-11,13,17,23H,3-9,12,14H2,1-2H3/t17-/m1/s1. The van der Waals surface area contributed by atoms with E-state index in [1.807, 2.05) is 19.1 Å². The zero-order valence-electron chi connectivity index (χ0n) is 17.6. The average molecular weight is 432 g/mol. The number of hydrogen-bond acceptors (Lipinski definition) is 5. The summed E-state index contributed by atoms with van der Waals surface area (Å²) < 4.78 is 35.8. The molecule has 0 spiro atoms. The van der Waals surface area contributed by atoms with Crippen molar-refractivity contribution in [2.24, 2.45) is 0 Å². The third-order valence-corrected chi connectivity index (χ3v) is 7.61. The number of ether oxygens (including phenoxy) is 1. The van der Waals surface area contributed by atoms with E-state index in [0.717, 1.165) is 60.9 Å². The van der Waals surface area contributed by atoms with Gasteiger partial charge in [-0.2, -0.15) is 5.10 Å². The second kappa shape index (κ2) is 8.61. The predicted octanol–water partition coefficient (Wildman–Crippen LogP) is 2.57. The van der Waals surface area contributed by atoms with Crippen LogP contribution in [0.1, 0.15) is 49.3 Å². The molecule has 0 radical (unpaired) electrons. The van der Waals surface area contributed by atoms with Crippen molar-refractivity contribution in [1.29, 1.82) is 0 Å². The van der Waals surface area contributed by atoms with Crippen LogP contribution in [0.5, 0.6) is 0 Å². The van der Waals surface area contributed by atoms with Crippen LogP contribution in [0.15, 0.2) is 27.9 Å². The van der Waals surface area contributed by atoms with Crippen molar-refractivity contribution in [3.05, 3.63) is 45.2 Å². The topological polar surface area (TPSA) is 90.3 Å². The number of fused-ring (bicyclic) bond motifs is 1. The molecule has 1 N–H and O–H groups in total. The molecule has 2 heterocycles. The van der Waals surface area contributed by atoms with E-state index in [-0.39, 0.29) is 23.1 Å². The minimum absolute atomic E-state index is 0.0193. The van der Waals surface area contributed by atoms with Crippen LogP contribution in [0.3, 0.4) is 0 Å². The van der Waals surface area contributed by atoms with Gasteiger partial charge in [0.25, 0.3) is 5.56 Å². The number of benzene rings is 1. The van der Waals surface area contributed by atoms with Crippen LogP contribution in [0.4, 0.5) is 0 Å². The van der Waals surface area contributed by atoms with Crippen molar-refractivity contribution in [2.75, 3.05) is 13.2 Å². The first-order valence-corrected chi connectivity index (χ1v) is 12.2. The van der Waals surface area contributed by atoms with Crippen LogP contribution in [-0.2, 0) is 34.1 Å². The van der Waals surface area contributed by atoms with Gasteiger partial charge in [-0.1, -0.05) is 12.1 Å². The minimum Gasteiger partial charge on any atom is -0.377 e. The van der Waals surface area contributed by atoms with Crippen LogP contribution in [0, 0.1) is 6.92 Å². The Labute approximate surface area is 177 Å². The van der Waals surface area contributed by atoms with Crippen LogP contribution in [-0.4, -0.2) is 37.5 Å². The Balaban J connectivity index is 1.74. The van der Waals surface area contributed by atoms with Gasteiger partial charge in [0.1, 0.15) is 0 Å². The molecule has 1 aromatic heterocycles. The first-order valence-electron chi connectivity index (χ1n) is 10.8. The molecule has 1 fully saturated rings. The van der Waals surface area contributed by atoms with E-state index in [4.69, 9.17) is 4.74 Å². The molecule has 0 saturated carbocycles. The second-order valence-corrected chi connectivity index (χ2v) is 9.84. The average Bonchev–Trinajstić information content (AvgIpc) is 3.27. The molecule has 1 saturated heterocycles. The molecule has 162 valence electrons. The van der Waals surface area contributed by atoms with Gasteiger partial charge in [-0.05, 0) is 69.6 Å². The Morgan fingerprint density at radius 2 is 1.97 bits per heavy atom. The van der Waals surface area contributed by atoms with Crippen LogP contribution in [0.2, 0.25) is 0 Å². The zero-order valence-corrected chi connectivity index (χ0v) is 18.4. The molecule has 0 bridgehead atoms. The van der Waals surface area contributed by atoms with Crippen molar-refractivity contribution in [1.82, 2.24) is 14.5 Å². The third kappa shape index (κ3) is 4.08. The lowest BCUT2D eigenvalue weighted by Gasteiger charge is -2.20. The van der Waals surface area contributed by atoms with E-state index in [9.17, 15) is 13.2 Å². The van der Waals surface area contributed by atoms with E-state index in [2.05, 4.69) is 9.82 Å². The van der Waals surface area contributed by atoms with Gasteiger partial charge in [0.05, 0.1) is 16.7 Å². The number of aryl methyl sites for hydroxylation is 2. The Hall–Kier alpha value is -2.03. The summed E-state index contributed by atoms with van der Waals surface area (Å²) in [6.45, 7) is 5.14. The molecular formula is C22H29N3O4S. The Bertz CT molecular complexity index is 1100. The molecule has 8 heteroatoms. The summed E-state index contributed by atoms with van der Waals surface area (Å²) in [5.41, 5.74) is 3.91. The molecule has 0 amide bonds. The summed E-state index contributed by atoms with van der Waals surface area (Å²) in [6.07, 6.45) is 5.33. The van der Waals surface area contributed by atoms with Crippen molar-refractivity contribution in [3.8, 4) is 11.3 Å².